The molecule has 1 aliphatic heterocycles. The molecule has 2 aromatic rings. The zero-order valence-corrected chi connectivity index (χ0v) is 15.8. The highest BCUT2D eigenvalue weighted by molar-refractivity contribution is 6.09. The summed E-state index contributed by atoms with van der Waals surface area (Å²) in [6.45, 7) is -0.491. The van der Waals surface area contributed by atoms with Crippen molar-refractivity contribution in [3.8, 4) is 6.07 Å². The first-order valence-corrected chi connectivity index (χ1v) is 8.86. The molecule has 6 heteroatoms. The Balaban J connectivity index is 2.04. The van der Waals surface area contributed by atoms with Crippen LogP contribution in [0.2, 0.25) is 0 Å². The Kier molecular flexibility index (Phi) is 5.30. The number of amides is 2. The van der Waals surface area contributed by atoms with Gasteiger partial charge in [0.25, 0.3) is 11.8 Å². The van der Waals surface area contributed by atoms with E-state index in [9.17, 15) is 20.0 Å². The number of benzene rings is 2. The predicted octanol–water partition coefficient (Wildman–Crippen LogP) is 1.80. The number of nitrogens with zero attached hydrogens (tertiary/aromatic N) is 3. The van der Waals surface area contributed by atoms with Crippen LogP contribution in [-0.2, 0) is 16.0 Å². The molecular weight excluding hydrogens is 354 g/mol. The van der Waals surface area contributed by atoms with Crippen molar-refractivity contribution in [1.29, 1.82) is 5.26 Å². The number of carbonyl (C=O) groups excluding carboxylic acids is 2. The maximum Gasteiger partial charge on any atom is 0.271 e. The Bertz CT molecular complexity index is 978. The van der Waals surface area contributed by atoms with E-state index in [1.807, 2.05) is 30.3 Å². The highest BCUT2D eigenvalue weighted by Crippen LogP contribution is 2.31. The minimum absolute atomic E-state index is 0.160. The summed E-state index contributed by atoms with van der Waals surface area (Å²) in [5.74, 6) is -0.763. The summed E-state index contributed by atoms with van der Waals surface area (Å²) in [4.78, 5) is 29.0. The van der Waals surface area contributed by atoms with Gasteiger partial charge in [0.05, 0.1) is 18.2 Å². The van der Waals surface area contributed by atoms with E-state index in [2.05, 4.69) is 6.07 Å². The summed E-state index contributed by atoms with van der Waals surface area (Å²) in [6, 6.07) is 18.2. The standard InChI is InChI=1S/C22H21N3O3/c1-24-19(12-17-10-6-7-11-18(17)14-23)20(27)25(2)22(15-26,21(24)28)13-16-8-4-3-5-9-16/h3-12,26H,13,15H2,1-2H3/b19-12-. The SMILES string of the molecule is CN1C(=O)C(CO)(Cc2ccccc2)N(C)C(=O)/C1=C/c1ccccc1C#N. The van der Waals surface area contributed by atoms with Crippen molar-refractivity contribution >= 4 is 17.9 Å². The van der Waals surface area contributed by atoms with Crippen LogP contribution < -0.4 is 0 Å². The second kappa shape index (κ2) is 7.67. The third-order valence-electron chi connectivity index (χ3n) is 5.20. The Hall–Kier alpha value is -3.43. The third kappa shape index (κ3) is 3.17. The van der Waals surface area contributed by atoms with Crippen LogP contribution in [0.4, 0.5) is 0 Å². The Morgan fingerprint density at radius 1 is 1.07 bits per heavy atom. The van der Waals surface area contributed by atoms with Crippen LogP contribution in [0.3, 0.4) is 0 Å². The quantitative estimate of drug-likeness (QED) is 0.826. The van der Waals surface area contributed by atoms with Crippen LogP contribution >= 0.6 is 0 Å². The number of carbonyl (C=O) groups is 2. The fourth-order valence-electron chi connectivity index (χ4n) is 3.46. The molecule has 1 saturated heterocycles. The molecule has 1 aliphatic rings. The summed E-state index contributed by atoms with van der Waals surface area (Å²) in [5, 5.41) is 19.4. The first-order valence-electron chi connectivity index (χ1n) is 8.86. The van der Waals surface area contributed by atoms with Crippen LogP contribution in [0.5, 0.6) is 0 Å². The van der Waals surface area contributed by atoms with Crippen molar-refractivity contribution in [2.45, 2.75) is 12.0 Å². The normalized spacial score (nSPS) is 21.1. The molecule has 2 amide bonds. The molecule has 1 atom stereocenters. The molecule has 1 N–H and O–H groups in total. The monoisotopic (exact) mass is 375 g/mol. The first kappa shape index (κ1) is 19.3. The molecule has 28 heavy (non-hydrogen) atoms. The molecule has 1 fully saturated rings. The van der Waals surface area contributed by atoms with Crippen LogP contribution in [0, 0.1) is 11.3 Å². The van der Waals surface area contributed by atoms with Gasteiger partial charge in [-0.05, 0) is 23.3 Å². The molecule has 2 aromatic carbocycles. The topological polar surface area (TPSA) is 84.6 Å². The number of aliphatic hydroxyl groups excluding tert-OH is 1. The van der Waals surface area contributed by atoms with Crippen molar-refractivity contribution in [2.75, 3.05) is 20.7 Å². The maximum atomic E-state index is 13.3. The molecule has 0 bridgehead atoms. The largest absolute Gasteiger partial charge is 0.393 e. The van der Waals surface area contributed by atoms with E-state index in [0.29, 0.717) is 11.1 Å². The molecule has 142 valence electrons. The van der Waals surface area contributed by atoms with Crippen LogP contribution in [0.25, 0.3) is 6.08 Å². The number of rotatable bonds is 4. The highest BCUT2D eigenvalue weighted by atomic mass is 16.3. The molecule has 0 spiro atoms. The summed E-state index contributed by atoms with van der Waals surface area (Å²) in [7, 11) is 3.04. The van der Waals surface area contributed by atoms with Gasteiger partial charge in [-0.15, -0.1) is 0 Å². The number of hydrogen-bond donors (Lipinski definition) is 1. The van der Waals surface area contributed by atoms with Gasteiger partial charge < -0.3 is 14.9 Å². The Labute approximate surface area is 163 Å². The lowest BCUT2D eigenvalue weighted by Gasteiger charge is -2.46. The van der Waals surface area contributed by atoms with Gasteiger partial charge in [0.1, 0.15) is 11.2 Å². The van der Waals surface area contributed by atoms with Gasteiger partial charge in [0.2, 0.25) is 0 Å². The molecule has 6 nitrogen and oxygen atoms in total. The van der Waals surface area contributed by atoms with E-state index in [-0.39, 0.29) is 23.9 Å². The summed E-state index contributed by atoms with van der Waals surface area (Å²) in [5.41, 5.74) is 0.599. The molecule has 0 saturated carbocycles. The van der Waals surface area contributed by atoms with Gasteiger partial charge in [-0.1, -0.05) is 48.5 Å². The van der Waals surface area contributed by atoms with E-state index in [0.717, 1.165) is 5.56 Å². The van der Waals surface area contributed by atoms with Crippen LogP contribution in [-0.4, -0.2) is 53.0 Å². The zero-order chi connectivity index (χ0) is 20.3. The molecule has 0 aliphatic carbocycles. The van der Waals surface area contributed by atoms with Gasteiger partial charge in [-0.3, -0.25) is 9.59 Å². The van der Waals surface area contributed by atoms with Gasteiger partial charge in [-0.2, -0.15) is 5.26 Å². The van der Waals surface area contributed by atoms with Gasteiger partial charge in [0.15, 0.2) is 0 Å². The third-order valence-corrected chi connectivity index (χ3v) is 5.20. The Morgan fingerprint density at radius 2 is 1.71 bits per heavy atom. The average Bonchev–Trinajstić information content (AvgIpc) is 2.74. The summed E-state index contributed by atoms with van der Waals surface area (Å²) >= 11 is 0. The number of likely N-dealkylation sites (N-methyl/N-ethyl adjacent to an activating group) is 2. The smallest absolute Gasteiger partial charge is 0.271 e. The molecule has 1 unspecified atom stereocenters. The summed E-state index contributed by atoms with van der Waals surface area (Å²) in [6.07, 6.45) is 1.75. The van der Waals surface area contributed by atoms with Crippen LogP contribution in [0.1, 0.15) is 16.7 Å². The lowest BCUT2D eigenvalue weighted by molar-refractivity contribution is -0.159. The second-order valence-corrected chi connectivity index (χ2v) is 6.81. The molecule has 3 rings (SSSR count). The highest BCUT2D eigenvalue weighted by Gasteiger charge is 2.51. The number of nitriles is 1. The van der Waals surface area contributed by atoms with E-state index < -0.39 is 12.1 Å². The molecule has 0 radical (unpaired) electrons. The minimum atomic E-state index is -1.38. The van der Waals surface area contributed by atoms with E-state index >= 15 is 0 Å². The van der Waals surface area contributed by atoms with Gasteiger partial charge >= 0.3 is 0 Å². The lowest BCUT2D eigenvalue weighted by atomic mass is 9.85. The number of aliphatic hydroxyl groups is 1. The number of hydrogen-bond acceptors (Lipinski definition) is 4. The van der Waals surface area contributed by atoms with E-state index in [4.69, 9.17) is 0 Å². The fraction of sp³-hybridized carbons (Fsp3) is 0.227. The average molecular weight is 375 g/mol. The second-order valence-electron chi connectivity index (χ2n) is 6.81. The molecular formula is C22H21N3O3. The Morgan fingerprint density at radius 3 is 2.36 bits per heavy atom. The van der Waals surface area contributed by atoms with E-state index in [1.54, 1.807) is 30.3 Å². The fourth-order valence-corrected chi connectivity index (χ4v) is 3.46. The van der Waals surface area contributed by atoms with E-state index in [1.165, 1.54) is 23.9 Å². The zero-order valence-electron chi connectivity index (χ0n) is 15.8. The predicted molar refractivity (Wildman–Crippen MR) is 105 cm³/mol. The van der Waals surface area contributed by atoms with Crippen LogP contribution in [0.15, 0.2) is 60.3 Å². The van der Waals surface area contributed by atoms with Gasteiger partial charge in [-0.25, -0.2) is 0 Å². The van der Waals surface area contributed by atoms with Crippen molar-refractivity contribution in [3.05, 3.63) is 77.0 Å². The summed E-state index contributed by atoms with van der Waals surface area (Å²) < 4.78 is 0. The first-order chi connectivity index (χ1) is 13.4. The number of piperazine rings is 1. The van der Waals surface area contributed by atoms with Crippen molar-refractivity contribution in [3.63, 3.8) is 0 Å². The molecule has 0 aromatic heterocycles. The van der Waals surface area contributed by atoms with Crippen molar-refractivity contribution < 1.29 is 14.7 Å². The minimum Gasteiger partial charge on any atom is -0.393 e. The lowest BCUT2D eigenvalue weighted by Crippen LogP contribution is -2.68. The van der Waals surface area contributed by atoms with Gasteiger partial charge in [0, 0.05) is 20.5 Å². The molecule has 1 heterocycles. The van der Waals surface area contributed by atoms with Crippen molar-refractivity contribution in [2.24, 2.45) is 0 Å². The maximum absolute atomic E-state index is 13.3. The van der Waals surface area contributed by atoms with Crippen molar-refractivity contribution in [1.82, 2.24) is 9.80 Å².